The molecule has 0 saturated carbocycles. The quantitative estimate of drug-likeness (QED) is 0.604. The molecule has 2 aromatic rings. The summed E-state index contributed by atoms with van der Waals surface area (Å²) in [7, 11) is 0. The molecule has 3 heterocycles. The Morgan fingerprint density at radius 2 is 2.12 bits per heavy atom. The zero-order chi connectivity index (χ0) is 18.2. The second kappa shape index (κ2) is 6.94. The fourth-order valence-electron chi connectivity index (χ4n) is 2.24. The number of hydrogen-bond acceptors (Lipinski definition) is 6. The third-order valence-corrected chi connectivity index (χ3v) is 3.83. The van der Waals surface area contributed by atoms with Crippen LogP contribution in [0, 0.1) is 5.82 Å². The molecule has 0 radical (unpaired) electrons. The first-order valence-corrected chi connectivity index (χ1v) is 7.79. The first-order valence-electron chi connectivity index (χ1n) is 7.03. The Balaban J connectivity index is 1.87. The van der Waals surface area contributed by atoms with E-state index >= 15 is 0 Å². The molecule has 0 unspecified atom stereocenters. The highest BCUT2D eigenvalue weighted by molar-refractivity contribution is 6.30. The van der Waals surface area contributed by atoms with Crippen LogP contribution in [0.4, 0.5) is 13.2 Å². The normalized spacial score (nSPS) is 20.4. The van der Waals surface area contributed by atoms with Gasteiger partial charge in [-0.2, -0.15) is 4.98 Å². The van der Waals surface area contributed by atoms with Gasteiger partial charge in [-0.05, 0) is 11.6 Å². The van der Waals surface area contributed by atoms with Crippen LogP contribution in [0.2, 0.25) is 10.4 Å². The van der Waals surface area contributed by atoms with Gasteiger partial charge in [0.2, 0.25) is 11.2 Å². The van der Waals surface area contributed by atoms with E-state index < -0.39 is 47.2 Å². The van der Waals surface area contributed by atoms with Crippen molar-refractivity contribution in [1.82, 2.24) is 20.3 Å². The van der Waals surface area contributed by atoms with Crippen molar-refractivity contribution in [2.45, 2.75) is 12.0 Å². The molecular weight excluding hydrogens is 388 g/mol. The fourth-order valence-corrected chi connectivity index (χ4v) is 2.58. The molecule has 1 fully saturated rings. The molecule has 0 bridgehead atoms. The van der Waals surface area contributed by atoms with Gasteiger partial charge in [0.25, 0.3) is 11.5 Å². The number of rotatable bonds is 3. The second-order valence-corrected chi connectivity index (χ2v) is 6.08. The second-order valence-electron chi connectivity index (χ2n) is 5.36. The zero-order valence-corrected chi connectivity index (χ0v) is 13.9. The van der Waals surface area contributed by atoms with Crippen molar-refractivity contribution in [3.8, 4) is 5.88 Å². The van der Waals surface area contributed by atoms with Crippen LogP contribution >= 0.6 is 23.2 Å². The standard InChI is InChI=1S/C13H11Cl2F3N4O3/c14-9-7(16)8-6(10(23)22-12(15)20-8)11(21-9)25-2-5-1-24-4-13(17,18)3-19-5/h5,19H,1-4H2,(H,20,22,23)/t5-/m0/s1. The Hall–Kier alpha value is -1.62. The third kappa shape index (κ3) is 3.97. The maximum atomic E-state index is 14.0. The number of fused-ring (bicyclic) bond motifs is 1. The summed E-state index contributed by atoms with van der Waals surface area (Å²) < 4.78 is 50.8. The van der Waals surface area contributed by atoms with Gasteiger partial charge in [-0.1, -0.05) is 11.6 Å². The molecule has 1 aliphatic heterocycles. The van der Waals surface area contributed by atoms with E-state index in [-0.39, 0.29) is 29.8 Å². The number of nitrogens with one attached hydrogen (secondary N) is 2. The number of hydrogen-bond donors (Lipinski definition) is 2. The van der Waals surface area contributed by atoms with Crippen molar-refractivity contribution in [2.24, 2.45) is 0 Å². The first kappa shape index (κ1) is 18.2. The van der Waals surface area contributed by atoms with Crippen molar-refractivity contribution in [3.05, 3.63) is 26.6 Å². The summed E-state index contributed by atoms with van der Waals surface area (Å²) in [4.78, 5) is 21.6. The lowest BCUT2D eigenvalue weighted by Gasteiger charge is -2.17. The molecule has 3 rings (SSSR count). The molecule has 0 spiro atoms. The van der Waals surface area contributed by atoms with Crippen molar-refractivity contribution >= 4 is 34.1 Å². The van der Waals surface area contributed by atoms with Crippen molar-refractivity contribution in [1.29, 1.82) is 0 Å². The van der Waals surface area contributed by atoms with E-state index in [4.69, 9.17) is 32.7 Å². The summed E-state index contributed by atoms with van der Waals surface area (Å²) in [6.07, 6.45) is 0. The lowest BCUT2D eigenvalue weighted by atomic mass is 10.3. The molecule has 1 saturated heterocycles. The van der Waals surface area contributed by atoms with Crippen LogP contribution in [-0.4, -0.2) is 53.3 Å². The van der Waals surface area contributed by atoms with E-state index in [1.54, 1.807) is 0 Å². The molecule has 2 aromatic heterocycles. The Morgan fingerprint density at radius 3 is 2.88 bits per heavy atom. The maximum absolute atomic E-state index is 14.0. The van der Waals surface area contributed by atoms with Crippen molar-refractivity contribution in [2.75, 3.05) is 26.4 Å². The molecule has 1 aliphatic rings. The zero-order valence-electron chi connectivity index (χ0n) is 12.4. The van der Waals surface area contributed by atoms with Gasteiger partial charge >= 0.3 is 0 Å². The molecule has 0 amide bonds. The van der Waals surface area contributed by atoms with E-state index in [1.807, 2.05) is 0 Å². The molecule has 1 atom stereocenters. The van der Waals surface area contributed by atoms with Gasteiger partial charge in [-0.3, -0.25) is 9.78 Å². The number of ether oxygens (including phenoxy) is 2. The van der Waals surface area contributed by atoms with Crippen LogP contribution in [0.25, 0.3) is 10.9 Å². The minimum absolute atomic E-state index is 0.0388. The Bertz CT molecular complexity index is 865. The average molecular weight is 399 g/mol. The van der Waals surface area contributed by atoms with Crippen LogP contribution < -0.4 is 15.6 Å². The summed E-state index contributed by atoms with van der Waals surface area (Å²) in [6.45, 7) is -1.50. The van der Waals surface area contributed by atoms with Crippen LogP contribution in [0.15, 0.2) is 4.79 Å². The molecule has 12 heteroatoms. The molecule has 2 N–H and O–H groups in total. The van der Waals surface area contributed by atoms with Gasteiger partial charge in [-0.25, -0.2) is 18.2 Å². The topological polar surface area (TPSA) is 89.1 Å². The minimum Gasteiger partial charge on any atom is -0.475 e. The first-order chi connectivity index (χ1) is 11.8. The third-order valence-electron chi connectivity index (χ3n) is 3.40. The molecule has 25 heavy (non-hydrogen) atoms. The average Bonchev–Trinajstić information content (AvgIpc) is 2.70. The highest BCUT2D eigenvalue weighted by atomic mass is 35.5. The number of alkyl halides is 2. The van der Waals surface area contributed by atoms with Crippen molar-refractivity contribution in [3.63, 3.8) is 0 Å². The SMILES string of the molecule is O=c1[nH]c(Cl)nc2c(F)c(Cl)nc(OC[C@@H]3COCC(F)(F)CN3)c12. The highest BCUT2D eigenvalue weighted by Gasteiger charge is 2.33. The Labute approximate surface area is 148 Å². The Morgan fingerprint density at radius 1 is 1.36 bits per heavy atom. The lowest BCUT2D eigenvalue weighted by molar-refractivity contribution is -0.0591. The maximum Gasteiger partial charge on any atom is 0.283 e. The highest BCUT2D eigenvalue weighted by Crippen LogP contribution is 2.27. The van der Waals surface area contributed by atoms with E-state index in [2.05, 4.69) is 20.3 Å². The van der Waals surface area contributed by atoms with Gasteiger partial charge in [0, 0.05) is 0 Å². The van der Waals surface area contributed by atoms with Crippen LogP contribution in [0.3, 0.4) is 0 Å². The predicted octanol–water partition coefficient (Wildman–Crippen LogP) is 1.77. The molecule has 0 aliphatic carbocycles. The molecule has 7 nitrogen and oxygen atoms in total. The number of pyridine rings is 1. The summed E-state index contributed by atoms with van der Waals surface area (Å²) in [6, 6.07) is -0.589. The van der Waals surface area contributed by atoms with Crippen LogP contribution in [0.5, 0.6) is 5.88 Å². The monoisotopic (exact) mass is 398 g/mol. The van der Waals surface area contributed by atoms with Gasteiger partial charge in [0.15, 0.2) is 11.0 Å². The van der Waals surface area contributed by atoms with Crippen LogP contribution in [-0.2, 0) is 4.74 Å². The molecular formula is C13H11Cl2F3N4O3. The molecule has 0 aromatic carbocycles. The minimum atomic E-state index is -2.99. The number of aromatic amines is 1. The number of halogens is 5. The van der Waals surface area contributed by atoms with E-state index in [1.165, 1.54) is 0 Å². The van der Waals surface area contributed by atoms with Crippen LogP contribution in [0.1, 0.15) is 0 Å². The largest absolute Gasteiger partial charge is 0.475 e. The van der Waals surface area contributed by atoms with Gasteiger partial charge in [0.1, 0.15) is 24.1 Å². The van der Waals surface area contributed by atoms with E-state index in [0.29, 0.717) is 0 Å². The fraction of sp³-hybridized carbons (Fsp3) is 0.462. The van der Waals surface area contributed by atoms with Gasteiger partial charge in [-0.15, -0.1) is 0 Å². The molecule has 136 valence electrons. The lowest BCUT2D eigenvalue weighted by Crippen LogP contribution is -2.41. The summed E-state index contributed by atoms with van der Waals surface area (Å²) in [5, 5.41) is 1.41. The number of aromatic nitrogens is 3. The van der Waals surface area contributed by atoms with Gasteiger partial charge in [0.05, 0.1) is 19.2 Å². The number of nitrogens with zero attached hydrogens (tertiary/aromatic N) is 2. The Kier molecular flexibility index (Phi) is 5.05. The summed E-state index contributed by atoms with van der Waals surface area (Å²) >= 11 is 11.3. The summed E-state index contributed by atoms with van der Waals surface area (Å²) in [5.74, 6) is -4.30. The van der Waals surface area contributed by atoms with E-state index in [9.17, 15) is 18.0 Å². The van der Waals surface area contributed by atoms with Crippen molar-refractivity contribution < 1.29 is 22.6 Å². The smallest absolute Gasteiger partial charge is 0.283 e. The van der Waals surface area contributed by atoms with Gasteiger partial charge < -0.3 is 14.8 Å². The number of H-pyrrole nitrogens is 1. The van der Waals surface area contributed by atoms with E-state index in [0.717, 1.165) is 0 Å². The predicted molar refractivity (Wildman–Crippen MR) is 83.2 cm³/mol. The summed E-state index contributed by atoms with van der Waals surface area (Å²) in [5.41, 5.74) is -1.18.